The van der Waals surface area contributed by atoms with Crippen LogP contribution in [0, 0.1) is 6.92 Å². The van der Waals surface area contributed by atoms with Gasteiger partial charge in [0.05, 0.1) is 18.2 Å². The molecule has 2 aliphatic rings. The minimum absolute atomic E-state index is 0. The molecule has 2 saturated heterocycles. The second kappa shape index (κ2) is 7.41. The molecule has 0 radical (unpaired) electrons. The van der Waals surface area contributed by atoms with Crippen LogP contribution >= 0.6 is 24.8 Å². The third-order valence-electron chi connectivity index (χ3n) is 3.85. The Kier molecular flexibility index (Phi) is 6.45. The monoisotopic (exact) mass is 320 g/mol. The zero-order valence-corrected chi connectivity index (χ0v) is 13.2. The number of hydrogen-bond donors (Lipinski definition) is 2. The van der Waals surface area contributed by atoms with E-state index in [1.807, 2.05) is 13.0 Å². The molecule has 0 aliphatic carbocycles. The van der Waals surface area contributed by atoms with Gasteiger partial charge >= 0.3 is 0 Å². The van der Waals surface area contributed by atoms with Crippen molar-refractivity contribution in [3.63, 3.8) is 0 Å². The number of nitrogens with zero attached hydrogens (tertiary/aromatic N) is 2. The van der Waals surface area contributed by atoms with Crippen molar-refractivity contribution in [2.45, 2.75) is 37.8 Å². The van der Waals surface area contributed by atoms with Crippen LogP contribution in [0.4, 0.5) is 5.82 Å². The maximum absolute atomic E-state index is 6.05. The fraction of sp³-hybridized carbons (Fsp3) is 0.692. The number of ether oxygens (including phenoxy) is 1. The molecule has 20 heavy (non-hydrogen) atoms. The van der Waals surface area contributed by atoms with Crippen LogP contribution in [-0.2, 0) is 4.74 Å². The van der Waals surface area contributed by atoms with E-state index in [2.05, 4.69) is 20.6 Å². The van der Waals surface area contributed by atoms with E-state index in [0.29, 0.717) is 6.04 Å². The molecule has 1 aromatic rings. The fourth-order valence-corrected chi connectivity index (χ4v) is 2.91. The predicted molar refractivity (Wildman–Crippen MR) is 84.1 cm³/mol. The van der Waals surface area contributed by atoms with Crippen LogP contribution in [0.15, 0.2) is 12.3 Å². The number of rotatable bonds is 2. The van der Waals surface area contributed by atoms with Crippen LogP contribution in [0.1, 0.15) is 25.1 Å². The lowest BCUT2D eigenvalue weighted by atomic mass is 9.88. The summed E-state index contributed by atoms with van der Waals surface area (Å²) >= 11 is 0. The number of halogens is 2. The molecule has 0 bridgehead atoms. The van der Waals surface area contributed by atoms with Crippen LogP contribution in [0.5, 0.6) is 0 Å². The van der Waals surface area contributed by atoms with E-state index in [1.165, 1.54) is 0 Å². The highest BCUT2D eigenvalue weighted by Gasteiger charge is 2.41. The summed E-state index contributed by atoms with van der Waals surface area (Å²) in [6, 6.07) is 2.29. The third kappa shape index (κ3) is 3.95. The summed E-state index contributed by atoms with van der Waals surface area (Å²) in [6.07, 6.45) is 5.11. The van der Waals surface area contributed by atoms with Gasteiger partial charge in [-0.25, -0.2) is 9.97 Å². The Hall–Kier alpha value is -0.620. The van der Waals surface area contributed by atoms with Gasteiger partial charge in [-0.15, -0.1) is 24.8 Å². The highest BCUT2D eigenvalue weighted by Crippen LogP contribution is 2.34. The summed E-state index contributed by atoms with van der Waals surface area (Å²) in [6.45, 7) is 4.83. The van der Waals surface area contributed by atoms with Gasteiger partial charge in [-0.1, -0.05) is 0 Å². The normalized spacial score (nSPS) is 23.8. The maximum atomic E-state index is 6.05. The van der Waals surface area contributed by atoms with Crippen molar-refractivity contribution in [1.82, 2.24) is 15.3 Å². The van der Waals surface area contributed by atoms with Crippen LogP contribution in [-0.4, -0.2) is 41.3 Å². The van der Waals surface area contributed by atoms with E-state index >= 15 is 0 Å². The zero-order chi connectivity index (χ0) is 12.4. The SMILES string of the molecule is Cc1nccc(NC2COC3(CCNCC3)C2)n1.Cl.Cl. The van der Waals surface area contributed by atoms with E-state index in [-0.39, 0.29) is 30.4 Å². The first-order valence-corrected chi connectivity index (χ1v) is 6.67. The van der Waals surface area contributed by atoms with Crippen LogP contribution in [0.25, 0.3) is 0 Å². The van der Waals surface area contributed by atoms with Gasteiger partial charge < -0.3 is 15.4 Å². The van der Waals surface area contributed by atoms with Gasteiger partial charge in [0.15, 0.2) is 0 Å². The summed E-state index contributed by atoms with van der Waals surface area (Å²) < 4.78 is 6.05. The third-order valence-corrected chi connectivity index (χ3v) is 3.85. The molecule has 0 amide bonds. The zero-order valence-electron chi connectivity index (χ0n) is 11.6. The molecule has 2 aliphatic heterocycles. The largest absolute Gasteiger partial charge is 0.373 e. The Morgan fingerprint density at radius 3 is 2.80 bits per heavy atom. The van der Waals surface area contributed by atoms with Crippen molar-refractivity contribution in [3.05, 3.63) is 18.1 Å². The number of aryl methyl sites for hydroxylation is 1. The van der Waals surface area contributed by atoms with Crippen molar-refractivity contribution < 1.29 is 4.74 Å². The second-order valence-electron chi connectivity index (χ2n) is 5.28. The smallest absolute Gasteiger partial charge is 0.129 e. The summed E-state index contributed by atoms with van der Waals surface area (Å²) in [5.74, 6) is 1.71. The van der Waals surface area contributed by atoms with E-state index in [1.54, 1.807) is 6.20 Å². The first-order valence-electron chi connectivity index (χ1n) is 6.67. The van der Waals surface area contributed by atoms with Gasteiger partial charge in [0.1, 0.15) is 11.6 Å². The highest BCUT2D eigenvalue weighted by molar-refractivity contribution is 5.85. The van der Waals surface area contributed by atoms with Gasteiger partial charge in [0.2, 0.25) is 0 Å². The molecule has 1 unspecified atom stereocenters. The first kappa shape index (κ1) is 17.4. The molecule has 5 nitrogen and oxygen atoms in total. The van der Waals surface area contributed by atoms with E-state index < -0.39 is 0 Å². The minimum atomic E-state index is 0. The van der Waals surface area contributed by atoms with Crippen molar-refractivity contribution in [2.75, 3.05) is 25.0 Å². The van der Waals surface area contributed by atoms with Gasteiger partial charge in [-0.3, -0.25) is 0 Å². The lowest BCUT2D eigenvalue weighted by Gasteiger charge is -2.32. The molecule has 7 heteroatoms. The lowest BCUT2D eigenvalue weighted by Crippen LogP contribution is -2.41. The van der Waals surface area contributed by atoms with Crippen LogP contribution in [0.2, 0.25) is 0 Å². The molecule has 3 rings (SSSR count). The quantitative estimate of drug-likeness (QED) is 0.872. The average molecular weight is 321 g/mol. The number of hydrogen-bond acceptors (Lipinski definition) is 5. The number of aromatic nitrogens is 2. The molecule has 0 saturated carbocycles. The topological polar surface area (TPSA) is 59.1 Å². The molecule has 3 heterocycles. The van der Waals surface area contributed by atoms with E-state index in [9.17, 15) is 0 Å². The number of nitrogens with one attached hydrogen (secondary N) is 2. The second-order valence-corrected chi connectivity index (χ2v) is 5.28. The summed E-state index contributed by atoms with van der Waals surface area (Å²) in [4.78, 5) is 8.49. The average Bonchev–Trinajstić information content (AvgIpc) is 2.73. The standard InChI is InChI=1S/C13H20N4O.2ClH/c1-10-15-5-2-12(16-10)17-11-8-13(18-9-11)3-6-14-7-4-13;;/h2,5,11,14H,3-4,6-9H2,1H3,(H,15,16,17);2*1H. The first-order chi connectivity index (χ1) is 8.76. The van der Waals surface area contributed by atoms with Gasteiger partial charge in [0.25, 0.3) is 0 Å². The van der Waals surface area contributed by atoms with Gasteiger partial charge in [0, 0.05) is 6.20 Å². The van der Waals surface area contributed by atoms with Crippen molar-refractivity contribution in [2.24, 2.45) is 0 Å². The summed E-state index contributed by atoms with van der Waals surface area (Å²) in [5, 5.41) is 6.84. The Morgan fingerprint density at radius 1 is 1.35 bits per heavy atom. The molecule has 1 spiro atoms. The van der Waals surface area contributed by atoms with Gasteiger partial charge in [-0.2, -0.15) is 0 Å². The van der Waals surface area contributed by atoms with Gasteiger partial charge in [-0.05, 0) is 45.3 Å². The molecule has 114 valence electrons. The Bertz CT molecular complexity index is 427. The Morgan fingerprint density at radius 2 is 2.10 bits per heavy atom. The van der Waals surface area contributed by atoms with E-state index in [4.69, 9.17) is 4.74 Å². The molecule has 1 atom stereocenters. The Labute approximate surface area is 132 Å². The lowest BCUT2D eigenvalue weighted by molar-refractivity contribution is -0.0192. The number of anilines is 1. The van der Waals surface area contributed by atoms with Crippen molar-refractivity contribution in [3.8, 4) is 0 Å². The Balaban J connectivity index is 0.000001000. The summed E-state index contributed by atoms with van der Waals surface area (Å²) in [7, 11) is 0. The maximum Gasteiger partial charge on any atom is 0.129 e. The molecule has 2 fully saturated rings. The van der Waals surface area contributed by atoms with Crippen molar-refractivity contribution >= 4 is 30.6 Å². The number of piperidine rings is 1. The minimum Gasteiger partial charge on any atom is -0.373 e. The van der Waals surface area contributed by atoms with Crippen LogP contribution < -0.4 is 10.6 Å². The molecule has 0 aromatic carbocycles. The molecule has 2 N–H and O–H groups in total. The van der Waals surface area contributed by atoms with Crippen molar-refractivity contribution in [1.29, 1.82) is 0 Å². The molecule has 1 aromatic heterocycles. The van der Waals surface area contributed by atoms with E-state index in [0.717, 1.165) is 50.6 Å². The van der Waals surface area contributed by atoms with Crippen LogP contribution in [0.3, 0.4) is 0 Å². The fourth-order valence-electron chi connectivity index (χ4n) is 2.91. The predicted octanol–water partition coefficient (Wildman–Crippen LogP) is 1.95. The molecular formula is C13H22Cl2N4O. The summed E-state index contributed by atoms with van der Waals surface area (Å²) in [5.41, 5.74) is 0.102. The molecular weight excluding hydrogens is 299 g/mol. The highest BCUT2D eigenvalue weighted by atomic mass is 35.5.